The third kappa shape index (κ3) is 3.85. The van der Waals surface area contributed by atoms with E-state index in [1.807, 2.05) is 60.7 Å². The molecule has 0 spiro atoms. The summed E-state index contributed by atoms with van der Waals surface area (Å²) in [5, 5.41) is 0. The minimum absolute atomic E-state index is 0.0751. The van der Waals surface area contributed by atoms with Gasteiger partial charge in [-0.05, 0) is 54.8 Å². The molecule has 0 radical (unpaired) electrons. The van der Waals surface area contributed by atoms with Crippen molar-refractivity contribution in [2.45, 2.75) is 12.8 Å². The van der Waals surface area contributed by atoms with E-state index in [0.29, 0.717) is 29.2 Å². The topological polar surface area (TPSA) is 55.8 Å². The SMILES string of the molecule is COC(=O)c1cccc(CCCN2C(=O)c3ccccc3Oc3ccccc32)c1. The number of fused-ring (bicyclic) bond motifs is 2. The van der Waals surface area contributed by atoms with Gasteiger partial charge in [-0.1, -0.05) is 36.4 Å². The zero-order chi connectivity index (χ0) is 20.2. The number of methoxy groups -OCH3 is 1. The van der Waals surface area contributed by atoms with E-state index in [-0.39, 0.29) is 11.9 Å². The van der Waals surface area contributed by atoms with Crippen molar-refractivity contribution in [3.05, 3.63) is 89.5 Å². The van der Waals surface area contributed by atoms with Gasteiger partial charge in [0, 0.05) is 6.54 Å². The lowest BCUT2D eigenvalue weighted by Crippen LogP contribution is -2.31. The van der Waals surface area contributed by atoms with Crippen molar-refractivity contribution in [2.75, 3.05) is 18.6 Å². The minimum Gasteiger partial charge on any atom is -0.465 e. The quantitative estimate of drug-likeness (QED) is 0.587. The molecule has 1 aliphatic rings. The molecule has 0 bridgehead atoms. The number of hydrogen-bond donors (Lipinski definition) is 0. The highest BCUT2D eigenvalue weighted by Crippen LogP contribution is 2.38. The van der Waals surface area contributed by atoms with E-state index >= 15 is 0 Å². The summed E-state index contributed by atoms with van der Waals surface area (Å²) in [6.45, 7) is 0.538. The minimum atomic E-state index is -0.350. The second-order valence-electron chi connectivity index (χ2n) is 6.82. The van der Waals surface area contributed by atoms with Gasteiger partial charge in [-0.2, -0.15) is 0 Å². The number of rotatable bonds is 5. The number of anilines is 1. The molecule has 3 aromatic carbocycles. The number of benzene rings is 3. The average Bonchev–Trinajstić information content (AvgIpc) is 2.88. The Balaban J connectivity index is 1.55. The molecule has 4 rings (SSSR count). The first-order chi connectivity index (χ1) is 14.2. The Bertz CT molecular complexity index is 1060. The second-order valence-corrected chi connectivity index (χ2v) is 6.82. The van der Waals surface area contributed by atoms with Crippen LogP contribution in [0.4, 0.5) is 5.69 Å². The fourth-order valence-corrected chi connectivity index (χ4v) is 3.51. The lowest BCUT2D eigenvalue weighted by molar-refractivity contribution is 0.0600. The van der Waals surface area contributed by atoms with Crippen molar-refractivity contribution < 1.29 is 19.1 Å². The van der Waals surface area contributed by atoms with Crippen LogP contribution in [0.2, 0.25) is 0 Å². The van der Waals surface area contributed by atoms with Crippen molar-refractivity contribution in [2.24, 2.45) is 0 Å². The van der Waals surface area contributed by atoms with Gasteiger partial charge in [-0.15, -0.1) is 0 Å². The first kappa shape index (κ1) is 18.7. The predicted octanol–water partition coefficient (Wildman–Crippen LogP) is 4.86. The predicted molar refractivity (Wildman–Crippen MR) is 111 cm³/mol. The van der Waals surface area contributed by atoms with Crippen molar-refractivity contribution >= 4 is 17.6 Å². The average molecular weight is 387 g/mol. The molecule has 0 N–H and O–H groups in total. The summed E-state index contributed by atoms with van der Waals surface area (Å²) in [7, 11) is 1.37. The Morgan fingerprint density at radius 3 is 2.55 bits per heavy atom. The summed E-state index contributed by atoms with van der Waals surface area (Å²) in [6.07, 6.45) is 1.48. The van der Waals surface area contributed by atoms with Crippen LogP contribution >= 0.6 is 0 Å². The Kier molecular flexibility index (Phi) is 5.29. The maximum absolute atomic E-state index is 13.2. The van der Waals surface area contributed by atoms with Gasteiger partial charge in [0.05, 0.1) is 23.9 Å². The van der Waals surface area contributed by atoms with Crippen LogP contribution in [0.1, 0.15) is 32.7 Å². The summed E-state index contributed by atoms with van der Waals surface area (Å²) in [5.41, 5.74) is 2.87. The van der Waals surface area contributed by atoms with Crippen LogP contribution in [0.3, 0.4) is 0 Å². The number of hydrogen-bond acceptors (Lipinski definition) is 4. The molecule has 0 saturated heterocycles. The second kappa shape index (κ2) is 8.19. The molecule has 0 aliphatic carbocycles. The lowest BCUT2D eigenvalue weighted by atomic mass is 10.1. The van der Waals surface area contributed by atoms with Gasteiger partial charge in [-0.25, -0.2) is 4.79 Å². The molecule has 3 aromatic rings. The van der Waals surface area contributed by atoms with Crippen LogP contribution < -0.4 is 9.64 Å². The molecule has 0 saturated carbocycles. The Morgan fingerprint density at radius 1 is 0.966 bits per heavy atom. The smallest absolute Gasteiger partial charge is 0.337 e. The van der Waals surface area contributed by atoms with Gasteiger partial charge in [0.15, 0.2) is 5.75 Å². The van der Waals surface area contributed by atoms with E-state index in [1.165, 1.54) is 7.11 Å². The van der Waals surface area contributed by atoms with Crippen LogP contribution in [0.15, 0.2) is 72.8 Å². The van der Waals surface area contributed by atoms with E-state index in [4.69, 9.17) is 9.47 Å². The number of ether oxygens (including phenoxy) is 2. The number of esters is 1. The number of amides is 1. The standard InChI is InChI=1S/C24H21NO4/c1-28-24(27)18-10-6-8-17(16-18)9-7-15-25-20-12-3-5-14-22(20)29-21-13-4-2-11-19(21)23(25)26/h2-6,8,10-14,16H,7,9,15H2,1H3. The summed E-state index contributed by atoms with van der Waals surface area (Å²) < 4.78 is 10.8. The van der Waals surface area contributed by atoms with Gasteiger partial charge < -0.3 is 14.4 Å². The fourth-order valence-electron chi connectivity index (χ4n) is 3.51. The number of carbonyl (C=O) groups excluding carboxylic acids is 2. The first-order valence-electron chi connectivity index (χ1n) is 9.52. The van der Waals surface area contributed by atoms with Crippen LogP contribution in [-0.2, 0) is 11.2 Å². The molecule has 0 unspecified atom stereocenters. The maximum Gasteiger partial charge on any atom is 0.337 e. The van der Waals surface area contributed by atoms with Crippen LogP contribution in [0, 0.1) is 0 Å². The van der Waals surface area contributed by atoms with Gasteiger partial charge in [0.2, 0.25) is 0 Å². The molecule has 0 atom stereocenters. The molecule has 1 aliphatic heterocycles. The number of nitrogens with zero attached hydrogens (tertiary/aromatic N) is 1. The molecule has 0 aromatic heterocycles. The van der Waals surface area contributed by atoms with Gasteiger partial charge in [0.1, 0.15) is 5.75 Å². The van der Waals surface area contributed by atoms with E-state index in [2.05, 4.69) is 0 Å². The lowest BCUT2D eigenvalue weighted by Gasteiger charge is -2.22. The van der Waals surface area contributed by atoms with Crippen LogP contribution in [0.25, 0.3) is 0 Å². The summed E-state index contributed by atoms with van der Waals surface area (Å²) in [4.78, 5) is 26.7. The summed E-state index contributed by atoms with van der Waals surface area (Å²) in [5.74, 6) is 0.808. The third-order valence-corrected chi connectivity index (χ3v) is 4.93. The molecule has 1 heterocycles. The Morgan fingerprint density at radius 2 is 1.72 bits per heavy atom. The van der Waals surface area contributed by atoms with Crippen molar-refractivity contribution in [3.8, 4) is 11.5 Å². The van der Waals surface area contributed by atoms with Gasteiger partial charge in [0.25, 0.3) is 5.91 Å². The molecule has 146 valence electrons. The molecular weight excluding hydrogens is 366 g/mol. The summed E-state index contributed by atoms with van der Waals surface area (Å²) >= 11 is 0. The Hall–Kier alpha value is -3.60. The molecule has 5 nitrogen and oxygen atoms in total. The molecule has 29 heavy (non-hydrogen) atoms. The monoisotopic (exact) mass is 387 g/mol. The van der Waals surface area contributed by atoms with E-state index in [9.17, 15) is 9.59 Å². The normalized spacial score (nSPS) is 12.4. The summed E-state index contributed by atoms with van der Waals surface area (Å²) in [6, 6.07) is 22.3. The fraction of sp³-hybridized carbons (Fsp3) is 0.167. The first-order valence-corrected chi connectivity index (χ1v) is 9.52. The molecule has 0 fully saturated rings. The van der Waals surface area contributed by atoms with E-state index in [0.717, 1.165) is 24.1 Å². The van der Waals surface area contributed by atoms with Gasteiger partial charge >= 0.3 is 5.97 Å². The van der Waals surface area contributed by atoms with E-state index in [1.54, 1.807) is 17.0 Å². The number of para-hydroxylation sites is 3. The molecule has 1 amide bonds. The largest absolute Gasteiger partial charge is 0.465 e. The van der Waals surface area contributed by atoms with Crippen molar-refractivity contribution in [1.29, 1.82) is 0 Å². The maximum atomic E-state index is 13.2. The third-order valence-electron chi connectivity index (χ3n) is 4.93. The highest BCUT2D eigenvalue weighted by molar-refractivity contribution is 6.09. The van der Waals surface area contributed by atoms with Crippen molar-refractivity contribution in [1.82, 2.24) is 0 Å². The zero-order valence-electron chi connectivity index (χ0n) is 16.1. The van der Waals surface area contributed by atoms with Crippen LogP contribution in [-0.4, -0.2) is 25.5 Å². The van der Waals surface area contributed by atoms with Gasteiger partial charge in [-0.3, -0.25) is 4.79 Å². The van der Waals surface area contributed by atoms with Crippen molar-refractivity contribution in [3.63, 3.8) is 0 Å². The number of aryl methyl sites for hydroxylation is 1. The van der Waals surface area contributed by atoms with E-state index < -0.39 is 0 Å². The molecular formula is C24H21NO4. The number of carbonyl (C=O) groups is 2. The highest BCUT2D eigenvalue weighted by Gasteiger charge is 2.27. The molecule has 5 heteroatoms. The Labute approximate surface area is 169 Å². The highest BCUT2D eigenvalue weighted by atomic mass is 16.5. The van der Waals surface area contributed by atoms with Crippen LogP contribution in [0.5, 0.6) is 11.5 Å². The zero-order valence-corrected chi connectivity index (χ0v) is 16.1.